The fourth-order valence-electron chi connectivity index (χ4n) is 3.34. The van der Waals surface area contributed by atoms with Crippen LogP contribution in [0.15, 0.2) is 76.5 Å². The Hall–Kier alpha value is -3.72. The molecule has 0 fully saturated rings. The number of furan rings is 1. The van der Waals surface area contributed by atoms with Crippen molar-refractivity contribution in [1.29, 1.82) is 0 Å². The van der Waals surface area contributed by atoms with Crippen LogP contribution in [0.5, 0.6) is 11.5 Å². The third-order valence-corrected chi connectivity index (χ3v) is 5.77. The standard InChI is InChI=1S/C23H20N4O4S/c28-21(24-17-8-9-18-20(13-17)31-12-11-30-18)15-32-23-26-25-22(19-7-4-10-29-19)27(23)14-16-5-2-1-3-6-16/h1-10,13H,11-12,14-15H2,(H,24,28). The highest BCUT2D eigenvalue weighted by Gasteiger charge is 2.18. The molecule has 1 aliphatic heterocycles. The number of fused-ring (bicyclic) bond motifs is 1. The van der Waals surface area contributed by atoms with Crippen molar-refractivity contribution >= 4 is 23.4 Å². The molecule has 1 N–H and O–H groups in total. The second kappa shape index (κ2) is 9.19. The SMILES string of the molecule is O=C(CSc1nnc(-c2ccco2)n1Cc1ccccc1)Nc1ccc2c(c1)OCCO2. The second-order valence-electron chi connectivity index (χ2n) is 7.05. The highest BCUT2D eigenvalue weighted by atomic mass is 32.2. The Morgan fingerprint density at radius 3 is 2.66 bits per heavy atom. The predicted octanol–water partition coefficient (Wildman–Crippen LogP) is 4.09. The molecule has 8 nitrogen and oxygen atoms in total. The van der Waals surface area contributed by atoms with Gasteiger partial charge in [-0.2, -0.15) is 0 Å². The quantitative estimate of drug-likeness (QED) is 0.426. The van der Waals surface area contributed by atoms with Crippen LogP contribution in [0.2, 0.25) is 0 Å². The summed E-state index contributed by atoms with van der Waals surface area (Å²) in [6.45, 7) is 1.59. The molecule has 0 saturated carbocycles. The average molecular weight is 449 g/mol. The van der Waals surface area contributed by atoms with Crippen LogP contribution in [-0.4, -0.2) is 39.6 Å². The first-order valence-corrected chi connectivity index (χ1v) is 11.1. The summed E-state index contributed by atoms with van der Waals surface area (Å²) in [4.78, 5) is 12.6. The topological polar surface area (TPSA) is 91.4 Å². The van der Waals surface area contributed by atoms with Gasteiger partial charge in [-0.1, -0.05) is 42.1 Å². The van der Waals surface area contributed by atoms with E-state index in [2.05, 4.69) is 15.5 Å². The summed E-state index contributed by atoms with van der Waals surface area (Å²) < 4.78 is 18.6. The van der Waals surface area contributed by atoms with Crippen LogP contribution in [0.4, 0.5) is 5.69 Å². The molecule has 4 aromatic rings. The lowest BCUT2D eigenvalue weighted by Crippen LogP contribution is -2.17. The molecule has 1 amide bonds. The zero-order chi connectivity index (χ0) is 21.8. The molecule has 2 aromatic carbocycles. The van der Waals surface area contributed by atoms with Gasteiger partial charge < -0.3 is 19.2 Å². The van der Waals surface area contributed by atoms with E-state index in [0.717, 1.165) is 5.56 Å². The molecule has 0 spiro atoms. The number of carbonyl (C=O) groups is 1. The Balaban J connectivity index is 1.30. The van der Waals surface area contributed by atoms with Crippen LogP contribution >= 0.6 is 11.8 Å². The normalized spacial score (nSPS) is 12.5. The predicted molar refractivity (Wildman–Crippen MR) is 120 cm³/mol. The number of nitrogens with zero attached hydrogens (tertiary/aromatic N) is 3. The van der Waals surface area contributed by atoms with Gasteiger partial charge in [-0.05, 0) is 29.8 Å². The molecule has 32 heavy (non-hydrogen) atoms. The number of thioether (sulfide) groups is 1. The fourth-order valence-corrected chi connectivity index (χ4v) is 4.08. The molecule has 3 heterocycles. The van der Waals surface area contributed by atoms with Crippen LogP contribution < -0.4 is 14.8 Å². The van der Waals surface area contributed by atoms with E-state index in [1.165, 1.54) is 11.8 Å². The van der Waals surface area contributed by atoms with Crippen molar-refractivity contribution in [3.05, 3.63) is 72.5 Å². The highest BCUT2D eigenvalue weighted by Crippen LogP contribution is 2.33. The van der Waals surface area contributed by atoms with Crippen molar-refractivity contribution in [2.45, 2.75) is 11.7 Å². The van der Waals surface area contributed by atoms with Crippen molar-refractivity contribution in [3.63, 3.8) is 0 Å². The van der Waals surface area contributed by atoms with E-state index in [9.17, 15) is 4.79 Å². The Kier molecular flexibility index (Phi) is 5.80. The minimum atomic E-state index is -0.152. The Morgan fingerprint density at radius 2 is 1.84 bits per heavy atom. The molecule has 0 radical (unpaired) electrons. The molecule has 5 rings (SSSR count). The number of nitrogens with one attached hydrogen (secondary N) is 1. The fraction of sp³-hybridized carbons (Fsp3) is 0.174. The molecule has 9 heteroatoms. The van der Waals surface area contributed by atoms with E-state index in [0.29, 0.717) is 53.7 Å². The zero-order valence-electron chi connectivity index (χ0n) is 17.1. The van der Waals surface area contributed by atoms with Crippen molar-refractivity contribution < 1.29 is 18.7 Å². The van der Waals surface area contributed by atoms with Gasteiger partial charge in [0.05, 0.1) is 18.6 Å². The van der Waals surface area contributed by atoms with Gasteiger partial charge >= 0.3 is 0 Å². The molecular formula is C23H20N4O4S. The molecule has 2 aromatic heterocycles. The van der Waals surface area contributed by atoms with E-state index >= 15 is 0 Å². The molecular weight excluding hydrogens is 428 g/mol. The number of anilines is 1. The first-order chi connectivity index (χ1) is 15.8. The minimum Gasteiger partial charge on any atom is -0.486 e. The second-order valence-corrected chi connectivity index (χ2v) is 7.99. The maximum Gasteiger partial charge on any atom is 0.234 e. The van der Waals surface area contributed by atoms with Crippen molar-refractivity contribution in [3.8, 4) is 23.1 Å². The highest BCUT2D eigenvalue weighted by molar-refractivity contribution is 7.99. The summed E-state index contributed by atoms with van der Waals surface area (Å²) in [6, 6.07) is 19.0. The van der Waals surface area contributed by atoms with Crippen LogP contribution in [0.1, 0.15) is 5.56 Å². The summed E-state index contributed by atoms with van der Waals surface area (Å²) in [5.74, 6) is 2.59. The zero-order valence-corrected chi connectivity index (χ0v) is 17.9. The third kappa shape index (κ3) is 4.47. The van der Waals surface area contributed by atoms with Gasteiger partial charge in [0.1, 0.15) is 13.2 Å². The van der Waals surface area contributed by atoms with Crippen LogP contribution in [0, 0.1) is 0 Å². The largest absolute Gasteiger partial charge is 0.486 e. The van der Waals surface area contributed by atoms with Crippen molar-refractivity contribution in [2.24, 2.45) is 0 Å². The first kappa shape index (κ1) is 20.2. The average Bonchev–Trinajstić information content (AvgIpc) is 3.48. The number of amides is 1. The Labute approximate surface area is 188 Å². The van der Waals surface area contributed by atoms with Crippen LogP contribution in [0.25, 0.3) is 11.6 Å². The van der Waals surface area contributed by atoms with Crippen molar-refractivity contribution in [2.75, 3.05) is 24.3 Å². The van der Waals surface area contributed by atoms with Gasteiger partial charge in [0, 0.05) is 11.8 Å². The Bertz CT molecular complexity index is 1210. The summed E-state index contributed by atoms with van der Waals surface area (Å²) in [7, 11) is 0. The lowest BCUT2D eigenvalue weighted by molar-refractivity contribution is -0.113. The Morgan fingerprint density at radius 1 is 1.00 bits per heavy atom. The van der Waals surface area contributed by atoms with E-state index < -0.39 is 0 Å². The van der Waals surface area contributed by atoms with Gasteiger partial charge in [-0.15, -0.1) is 10.2 Å². The minimum absolute atomic E-state index is 0.152. The first-order valence-electron chi connectivity index (χ1n) is 10.1. The van der Waals surface area contributed by atoms with Gasteiger partial charge in [0.2, 0.25) is 11.7 Å². The molecule has 0 saturated heterocycles. The molecule has 0 unspecified atom stereocenters. The van der Waals surface area contributed by atoms with E-state index in [4.69, 9.17) is 13.9 Å². The van der Waals surface area contributed by atoms with E-state index in [1.807, 2.05) is 47.0 Å². The molecule has 1 aliphatic rings. The lowest BCUT2D eigenvalue weighted by atomic mass is 10.2. The number of benzene rings is 2. The van der Waals surface area contributed by atoms with E-state index in [-0.39, 0.29) is 11.7 Å². The van der Waals surface area contributed by atoms with Gasteiger partial charge in [-0.25, -0.2) is 0 Å². The smallest absolute Gasteiger partial charge is 0.234 e. The van der Waals surface area contributed by atoms with Crippen molar-refractivity contribution in [1.82, 2.24) is 14.8 Å². The maximum atomic E-state index is 12.6. The van der Waals surface area contributed by atoms with Gasteiger partial charge in [-0.3, -0.25) is 9.36 Å². The number of hydrogen-bond acceptors (Lipinski definition) is 7. The third-order valence-electron chi connectivity index (χ3n) is 4.80. The molecule has 0 aliphatic carbocycles. The maximum absolute atomic E-state index is 12.6. The number of aromatic nitrogens is 3. The van der Waals surface area contributed by atoms with Gasteiger partial charge in [0.25, 0.3) is 0 Å². The van der Waals surface area contributed by atoms with Gasteiger partial charge in [0.15, 0.2) is 22.4 Å². The summed E-state index contributed by atoms with van der Waals surface area (Å²) in [5.41, 5.74) is 1.75. The monoisotopic (exact) mass is 448 g/mol. The van der Waals surface area contributed by atoms with E-state index in [1.54, 1.807) is 24.5 Å². The number of ether oxygens (including phenoxy) is 2. The molecule has 0 atom stereocenters. The summed E-state index contributed by atoms with van der Waals surface area (Å²) >= 11 is 1.32. The van der Waals surface area contributed by atoms with Crippen LogP contribution in [0.3, 0.4) is 0 Å². The summed E-state index contributed by atoms with van der Waals surface area (Å²) in [6.07, 6.45) is 1.60. The molecule has 162 valence electrons. The number of carbonyl (C=O) groups excluding carboxylic acids is 1. The number of hydrogen-bond donors (Lipinski definition) is 1. The summed E-state index contributed by atoms with van der Waals surface area (Å²) in [5, 5.41) is 12.1. The number of rotatable bonds is 7. The molecule has 0 bridgehead atoms. The van der Waals surface area contributed by atoms with Crippen LogP contribution in [-0.2, 0) is 11.3 Å². The lowest BCUT2D eigenvalue weighted by Gasteiger charge is -2.19.